The molecule has 1 saturated heterocycles. The van der Waals surface area contributed by atoms with Crippen LogP contribution in [0.2, 0.25) is 0 Å². The molecule has 7 nitrogen and oxygen atoms in total. The summed E-state index contributed by atoms with van der Waals surface area (Å²) in [6.45, 7) is 1.47. The van der Waals surface area contributed by atoms with Crippen molar-refractivity contribution in [2.24, 2.45) is 0 Å². The van der Waals surface area contributed by atoms with Crippen LogP contribution in [0.15, 0.2) is 33.9 Å². The Hall–Kier alpha value is -2.41. The van der Waals surface area contributed by atoms with E-state index in [4.69, 9.17) is 4.74 Å². The molecule has 1 aromatic heterocycles. The Labute approximate surface area is 132 Å². The smallest absolute Gasteiger partial charge is 0.328 e. The lowest BCUT2D eigenvalue weighted by Crippen LogP contribution is -2.34. The third-order valence-electron chi connectivity index (χ3n) is 4.02. The number of aromatic nitrogens is 2. The van der Waals surface area contributed by atoms with Gasteiger partial charge in [0.05, 0.1) is 17.0 Å². The predicted molar refractivity (Wildman–Crippen MR) is 85.4 cm³/mol. The number of carbonyl (C=O) groups is 1. The molecule has 1 aromatic carbocycles. The topological polar surface area (TPSA) is 93.2 Å². The molecule has 23 heavy (non-hydrogen) atoms. The van der Waals surface area contributed by atoms with Crippen molar-refractivity contribution >= 4 is 16.8 Å². The zero-order chi connectivity index (χ0) is 16.2. The SMILES string of the molecule is O=C(CCn1c(=O)[nH]c(=O)c2ccccc21)NC[C@@H]1CCCO1. The number of fused-ring (bicyclic) bond motifs is 1. The highest BCUT2D eigenvalue weighted by atomic mass is 16.5. The Morgan fingerprint density at radius 1 is 1.35 bits per heavy atom. The summed E-state index contributed by atoms with van der Waals surface area (Å²) in [6, 6.07) is 6.85. The van der Waals surface area contributed by atoms with E-state index >= 15 is 0 Å². The van der Waals surface area contributed by atoms with Crippen LogP contribution in [0.1, 0.15) is 19.3 Å². The minimum Gasteiger partial charge on any atom is -0.376 e. The Bertz CT molecular complexity index is 818. The van der Waals surface area contributed by atoms with Crippen LogP contribution in [0.4, 0.5) is 0 Å². The molecule has 2 heterocycles. The van der Waals surface area contributed by atoms with Crippen molar-refractivity contribution in [2.75, 3.05) is 13.2 Å². The van der Waals surface area contributed by atoms with Gasteiger partial charge in [-0.2, -0.15) is 0 Å². The number of ether oxygens (including phenoxy) is 1. The van der Waals surface area contributed by atoms with Gasteiger partial charge in [-0.15, -0.1) is 0 Å². The maximum atomic E-state index is 12.0. The largest absolute Gasteiger partial charge is 0.376 e. The highest BCUT2D eigenvalue weighted by Gasteiger charge is 2.16. The first-order valence-electron chi connectivity index (χ1n) is 7.75. The highest BCUT2D eigenvalue weighted by Crippen LogP contribution is 2.10. The molecule has 1 atom stereocenters. The van der Waals surface area contributed by atoms with Gasteiger partial charge in [-0.3, -0.25) is 19.1 Å². The Morgan fingerprint density at radius 3 is 2.96 bits per heavy atom. The van der Waals surface area contributed by atoms with Crippen LogP contribution >= 0.6 is 0 Å². The lowest BCUT2D eigenvalue weighted by atomic mass is 10.2. The van der Waals surface area contributed by atoms with Gasteiger partial charge < -0.3 is 10.1 Å². The van der Waals surface area contributed by atoms with E-state index in [0.29, 0.717) is 17.4 Å². The van der Waals surface area contributed by atoms with Gasteiger partial charge in [-0.25, -0.2) is 4.79 Å². The van der Waals surface area contributed by atoms with Gasteiger partial charge in [0.15, 0.2) is 0 Å². The van der Waals surface area contributed by atoms with Crippen LogP contribution < -0.4 is 16.6 Å². The molecule has 1 amide bonds. The van der Waals surface area contributed by atoms with Gasteiger partial charge in [0.1, 0.15) is 0 Å². The Balaban J connectivity index is 1.68. The molecule has 7 heteroatoms. The number of H-pyrrole nitrogens is 1. The normalized spacial score (nSPS) is 17.5. The fourth-order valence-electron chi connectivity index (χ4n) is 2.80. The number of rotatable bonds is 5. The molecule has 0 bridgehead atoms. The quantitative estimate of drug-likeness (QED) is 0.833. The van der Waals surface area contributed by atoms with Crippen molar-refractivity contribution in [1.29, 1.82) is 0 Å². The Morgan fingerprint density at radius 2 is 2.17 bits per heavy atom. The second kappa shape index (κ2) is 6.78. The van der Waals surface area contributed by atoms with Crippen molar-refractivity contribution in [3.8, 4) is 0 Å². The molecular weight excluding hydrogens is 298 g/mol. The van der Waals surface area contributed by atoms with Crippen molar-refractivity contribution in [3.05, 3.63) is 45.1 Å². The number of aromatic amines is 1. The van der Waals surface area contributed by atoms with Gasteiger partial charge in [-0.05, 0) is 25.0 Å². The maximum Gasteiger partial charge on any atom is 0.328 e. The second-order valence-corrected chi connectivity index (χ2v) is 5.62. The molecule has 1 fully saturated rings. The first-order valence-corrected chi connectivity index (χ1v) is 7.75. The lowest BCUT2D eigenvalue weighted by Gasteiger charge is -2.12. The number of hydrogen-bond acceptors (Lipinski definition) is 4. The third-order valence-corrected chi connectivity index (χ3v) is 4.02. The fraction of sp³-hybridized carbons (Fsp3) is 0.438. The zero-order valence-corrected chi connectivity index (χ0v) is 12.7. The summed E-state index contributed by atoms with van der Waals surface area (Å²) in [5.74, 6) is -0.136. The molecule has 0 spiro atoms. The maximum absolute atomic E-state index is 12.0. The third kappa shape index (κ3) is 3.50. The molecule has 1 aliphatic heterocycles. The molecule has 2 N–H and O–H groups in total. The highest BCUT2D eigenvalue weighted by molar-refractivity contribution is 5.78. The number of carbonyl (C=O) groups excluding carboxylic acids is 1. The van der Waals surface area contributed by atoms with Gasteiger partial charge in [0.2, 0.25) is 5.91 Å². The number of nitrogens with zero attached hydrogens (tertiary/aromatic N) is 1. The van der Waals surface area contributed by atoms with Crippen LogP contribution in [-0.2, 0) is 16.1 Å². The average molecular weight is 317 g/mol. The number of hydrogen-bond donors (Lipinski definition) is 2. The first kappa shape index (κ1) is 15.5. The van der Waals surface area contributed by atoms with Crippen molar-refractivity contribution in [2.45, 2.75) is 31.9 Å². The number of benzene rings is 1. The summed E-state index contributed by atoms with van der Waals surface area (Å²) in [6.07, 6.45) is 2.25. The number of nitrogens with one attached hydrogen (secondary N) is 2. The summed E-state index contributed by atoms with van der Waals surface area (Å²) in [7, 11) is 0. The molecule has 1 aliphatic rings. The van der Waals surface area contributed by atoms with Gasteiger partial charge in [0, 0.05) is 26.1 Å². The van der Waals surface area contributed by atoms with Gasteiger partial charge in [-0.1, -0.05) is 12.1 Å². The van der Waals surface area contributed by atoms with E-state index in [2.05, 4.69) is 10.3 Å². The number of aryl methyl sites for hydroxylation is 1. The minimum absolute atomic E-state index is 0.0931. The second-order valence-electron chi connectivity index (χ2n) is 5.62. The molecule has 122 valence electrons. The molecule has 0 saturated carbocycles. The molecule has 2 aromatic rings. The van der Waals surface area contributed by atoms with E-state index in [1.54, 1.807) is 24.3 Å². The van der Waals surface area contributed by atoms with E-state index in [1.807, 2.05) is 0 Å². The van der Waals surface area contributed by atoms with Gasteiger partial charge in [0.25, 0.3) is 5.56 Å². The Kier molecular flexibility index (Phi) is 4.57. The molecule has 0 unspecified atom stereocenters. The van der Waals surface area contributed by atoms with E-state index in [1.165, 1.54) is 4.57 Å². The summed E-state index contributed by atoms with van der Waals surface area (Å²) in [5.41, 5.74) is -0.376. The van der Waals surface area contributed by atoms with Crippen molar-refractivity contribution < 1.29 is 9.53 Å². The minimum atomic E-state index is -0.499. The zero-order valence-electron chi connectivity index (χ0n) is 12.7. The van der Waals surface area contributed by atoms with E-state index in [0.717, 1.165) is 19.4 Å². The van der Waals surface area contributed by atoms with Crippen LogP contribution in [0.3, 0.4) is 0 Å². The average Bonchev–Trinajstić information content (AvgIpc) is 3.06. The fourth-order valence-corrected chi connectivity index (χ4v) is 2.80. The van der Waals surface area contributed by atoms with Crippen molar-refractivity contribution in [3.63, 3.8) is 0 Å². The summed E-state index contributed by atoms with van der Waals surface area (Å²) >= 11 is 0. The number of amides is 1. The molecule has 3 rings (SSSR count). The van der Waals surface area contributed by atoms with Gasteiger partial charge >= 0.3 is 5.69 Å². The monoisotopic (exact) mass is 317 g/mol. The van der Waals surface area contributed by atoms with E-state index in [9.17, 15) is 14.4 Å². The molecular formula is C16H19N3O4. The summed E-state index contributed by atoms with van der Waals surface area (Å²) < 4.78 is 6.87. The molecule has 0 aliphatic carbocycles. The lowest BCUT2D eigenvalue weighted by molar-refractivity contribution is -0.121. The standard InChI is InChI=1S/C16H19N3O4/c20-14(17-10-11-4-3-9-23-11)7-8-19-13-6-2-1-5-12(13)15(21)18-16(19)22/h1-2,5-6,11H,3-4,7-10H2,(H,17,20)(H,18,21,22)/t11-/m0/s1. The van der Waals surface area contributed by atoms with Crippen LogP contribution in [0.25, 0.3) is 10.9 Å². The van der Waals surface area contributed by atoms with Crippen molar-refractivity contribution in [1.82, 2.24) is 14.9 Å². The first-order chi connectivity index (χ1) is 11.1. The predicted octanol–water partition coefficient (Wildman–Crippen LogP) is 0.375. The van der Waals surface area contributed by atoms with Crippen LogP contribution in [0.5, 0.6) is 0 Å². The molecule has 0 radical (unpaired) electrons. The summed E-state index contributed by atoms with van der Waals surface area (Å²) in [5, 5.41) is 3.26. The van der Waals surface area contributed by atoms with Crippen LogP contribution in [0, 0.1) is 0 Å². The van der Waals surface area contributed by atoms with E-state index in [-0.39, 0.29) is 25.0 Å². The number of para-hydroxylation sites is 1. The summed E-state index contributed by atoms with van der Waals surface area (Å²) in [4.78, 5) is 38.0. The van der Waals surface area contributed by atoms with Crippen LogP contribution in [-0.4, -0.2) is 34.7 Å². The van der Waals surface area contributed by atoms with E-state index < -0.39 is 11.2 Å².